The Morgan fingerprint density at radius 3 is 2.38 bits per heavy atom. The summed E-state index contributed by atoms with van der Waals surface area (Å²) in [5.41, 5.74) is 5.31. The molecule has 34 heavy (non-hydrogen) atoms. The van der Waals surface area contributed by atoms with Crippen molar-refractivity contribution in [3.63, 3.8) is 0 Å². The van der Waals surface area contributed by atoms with Gasteiger partial charge in [-0.1, -0.05) is 48.0 Å². The smallest absolute Gasteiger partial charge is 0.253 e. The molecule has 0 aliphatic carbocycles. The Balaban J connectivity index is 1.80. The molecule has 174 valence electrons. The molecule has 0 unspecified atom stereocenters. The van der Waals surface area contributed by atoms with E-state index in [4.69, 9.17) is 4.99 Å². The van der Waals surface area contributed by atoms with Gasteiger partial charge in [-0.2, -0.15) is 0 Å². The van der Waals surface area contributed by atoms with E-state index in [2.05, 4.69) is 4.98 Å². The monoisotopic (exact) mass is 454 g/mol. The molecule has 4 rings (SSSR count). The highest BCUT2D eigenvalue weighted by Gasteiger charge is 2.19. The van der Waals surface area contributed by atoms with Crippen LogP contribution in [-0.2, 0) is 0 Å². The summed E-state index contributed by atoms with van der Waals surface area (Å²) in [6, 6.07) is 23.1. The van der Waals surface area contributed by atoms with Crippen LogP contribution < -0.4 is 0 Å². The third-order valence-corrected chi connectivity index (χ3v) is 5.78. The molecular weight excluding hydrogens is 424 g/mol. The number of amides is 1. The molecule has 1 heterocycles. The molecule has 0 radical (unpaired) electrons. The number of aromatic nitrogens is 1. The van der Waals surface area contributed by atoms with Crippen molar-refractivity contribution < 1.29 is 9.90 Å². The van der Waals surface area contributed by atoms with Crippen LogP contribution in [0.1, 0.15) is 27.0 Å². The van der Waals surface area contributed by atoms with Crippen LogP contribution in [0, 0.1) is 6.92 Å². The number of nitrogens with zero attached hydrogens (tertiary/aromatic N) is 3. The van der Waals surface area contributed by atoms with Crippen LogP contribution in [0.25, 0.3) is 10.9 Å². The lowest BCUT2D eigenvalue weighted by Gasteiger charge is -2.19. The first-order valence-corrected chi connectivity index (χ1v) is 11.3. The van der Waals surface area contributed by atoms with E-state index in [1.165, 1.54) is 0 Å². The Morgan fingerprint density at radius 1 is 0.912 bits per heavy atom. The zero-order chi connectivity index (χ0) is 24.2. The zero-order valence-electron chi connectivity index (χ0n) is 20.0. The summed E-state index contributed by atoms with van der Waals surface area (Å²) >= 11 is 0. The first kappa shape index (κ1) is 23.3. The molecule has 2 N–H and O–H groups in total. The van der Waals surface area contributed by atoms with Gasteiger partial charge in [-0.25, -0.2) is 4.99 Å². The van der Waals surface area contributed by atoms with Crippen molar-refractivity contribution in [2.24, 2.45) is 4.99 Å². The van der Waals surface area contributed by atoms with Gasteiger partial charge in [0, 0.05) is 42.2 Å². The van der Waals surface area contributed by atoms with Gasteiger partial charge in [0.15, 0.2) is 5.88 Å². The van der Waals surface area contributed by atoms with E-state index >= 15 is 0 Å². The van der Waals surface area contributed by atoms with E-state index in [9.17, 15) is 9.90 Å². The summed E-state index contributed by atoms with van der Waals surface area (Å²) in [5, 5.41) is 11.8. The Labute approximate surface area is 200 Å². The fourth-order valence-corrected chi connectivity index (χ4v) is 3.90. The quantitative estimate of drug-likeness (QED) is 0.387. The Kier molecular flexibility index (Phi) is 6.80. The summed E-state index contributed by atoms with van der Waals surface area (Å²) in [7, 11) is 5.78. The number of H-pyrrole nitrogens is 1. The van der Waals surface area contributed by atoms with Gasteiger partial charge in [-0.15, -0.1) is 0 Å². The van der Waals surface area contributed by atoms with Crippen LogP contribution in [0.5, 0.6) is 5.88 Å². The number of hydrogen-bond donors (Lipinski definition) is 2. The van der Waals surface area contributed by atoms with Gasteiger partial charge in [0.05, 0.1) is 17.0 Å². The minimum atomic E-state index is -0.0503. The second-order valence-electron chi connectivity index (χ2n) is 8.80. The summed E-state index contributed by atoms with van der Waals surface area (Å²) < 4.78 is 0. The second-order valence-corrected chi connectivity index (χ2v) is 8.80. The van der Waals surface area contributed by atoms with E-state index < -0.39 is 0 Å². The molecule has 0 saturated carbocycles. The third kappa shape index (κ3) is 5.02. The maximum atomic E-state index is 13.0. The number of hydrogen-bond acceptors (Lipinski definition) is 4. The third-order valence-electron chi connectivity index (χ3n) is 5.78. The topological polar surface area (TPSA) is 71.9 Å². The number of carbonyl (C=O) groups excluding carboxylic acids is 1. The molecule has 1 aromatic heterocycles. The first-order valence-electron chi connectivity index (χ1n) is 11.3. The van der Waals surface area contributed by atoms with E-state index in [0.717, 1.165) is 28.6 Å². The Bertz CT molecular complexity index is 1340. The molecule has 0 bridgehead atoms. The molecule has 0 aliphatic rings. The normalized spacial score (nSPS) is 11.9. The number of fused-ring (bicyclic) bond motifs is 1. The van der Waals surface area contributed by atoms with Gasteiger partial charge in [0.1, 0.15) is 0 Å². The molecule has 3 aromatic carbocycles. The number of nitrogens with one attached hydrogen (secondary N) is 1. The molecule has 0 aliphatic heterocycles. The number of aryl methyl sites for hydroxylation is 1. The maximum Gasteiger partial charge on any atom is 0.253 e. The highest BCUT2D eigenvalue weighted by atomic mass is 16.3. The SMILES string of the molecule is Cc1ccc2[nH]c(O)c(C(=Nc3cccc(C(=O)N(C)CCN(C)C)c3)c3ccccc3)c2c1. The first-order chi connectivity index (χ1) is 16.3. The summed E-state index contributed by atoms with van der Waals surface area (Å²) in [6.45, 7) is 3.45. The lowest BCUT2D eigenvalue weighted by atomic mass is 10.00. The average molecular weight is 455 g/mol. The fraction of sp³-hybridized carbons (Fsp3) is 0.214. The summed E-state index contributed by atoms with van der Waals surface area (Å²) in [6.07, 6.45) is 0. The summed E-state index contributed by atoms with van der Waals surface area (Å²) in [5.74, 6) is 0.0181. The van der Waals surface area contributed by atoms with Crippen LogP contribution in [0.3, 0.4) is 0 Å². The maximum absolute atomic E-state index is 13.0. The zero-order valence-corrected chi connectivity index (χ0v) is 20.0. The number of aliphatic imine (C=N–C) groups is 1. The van der Waals surface area contributed by atoms with E-state index in [0.29, 0.717) is 29.1 Å². The predicted molar refractivity (Wildman–Crippen MR) is 138 cm³/mol. The van der Waals surface area contributed by atoms with Crippen LogP contribution >= 0.6 is 0 Å². The molecule has 0 saturated heterocycles. The molecule has 0 spiro atoms. The van der Waals surface area contributed by atoms with Crippen molar-refractivity contribution in [3.05, 3.63) is 95.1 Å². The van der Waals surface area contributed by atoms with Gasteiger partial charge in [0.25, 0.3) is 5.91 Å². The van der Waals surface area contributed by atoms with E-state index in [1.54, 1.807) is 11.0 Å². The van der Waals surface area contributed by atoms with Crippen molar-refractivity contribution in [1.82, 2.24) is 14.8 Å². The van der Waals surface area contributed by atoms with Crippen LogP contribution in [0.2, 0.25) is 0 Å². The highest BCUT2D eigenvalue weighted by Crippen LogP contribution is 2.32. The van der Waals surface area contributed by atoms with Gasteiger partial charge in [-0.05, 0) is 51.4 Å². The minimum Gasteiger partial charge on any atom is -0.494 e. The van der Waals surface area contributed by atoms with Crippen molar-refractivity contribution in [2.75, 3.05) is 34.2 Å². The van der Waals surface area contributed by atoms with Crippen LogP contribution in [-0.4, -0.2) is 65.7 Å². The van der Waals surface area contributed by atoms with Gasteiger partial charge in [-0.3, -0.25) is 4.79 Å². The molecule has 0 atom stereocenters. The number of likely N-dealkylation sites (N-methyl/N-ethyl adjacent to an activating group) is 2. The van der Waals surface area contributed by atoms with Gasteiger partial charge >= 0.3 is 0 Å². The van der Waals surface area contributed by atoms with Gasteiger partial charge < -0.3 is 19.9 Å². The Hall–Kier alpha value is -3.90. The molecule has 6 heteroatoms. The second kappa shape index (κ2) is 9.93. The van der Waals surface area contributed by atoms with Crippen LogP contribution in [0.4, 0.5) is 5.69 Å². The Morgan fingerprint density at radius 2 is 1.65 bits per heavy atom. The number of aromatic amines is 1. The van der Waals surface area contributed by atoms with E-state index in [1.807, 2.05) is 99.7 Å². The highest BCUT2D eigenvalue weighted by molar-refractivity contribution is 6.22. The van der Waals surface area contributed by atoms with E-state index in [-0.39, 0.29) is 11.8 Å². The van der Waals surface area contributed by atoms with Crippen molar-refractivity contribution in [1.29, 1.82) is 0 Å². The number of benzene rings is 3. The molecule has 4 aromatic rings. The molecule has 6 nitrogen and oxygen atoms in total. The standard InChI is InChI=1S/C28H30N4O2/c1-19-13-14-24-23(17-19)25(27(33)30-24)26(20-9-6-5-7-10-20)29-22-12-8-11-21(18-22)28(34)32(4)16-15-31(2)3/h5-14,17-18,30,33H,15-16H2,1-4H3. The van der Waals surface area contributed by atoms with Gasteiger partial charge in [0.2, 0.25) is 0 Å². The largest absolute Gasteiger partial charge is 0.494 e. The lowest BCUT2D eigenvalue weighted by Crippen LogP contribution is -2.33. The summed E-state index contributed by atoms with van der Waals surface area (Å²) in [4.78, 5) is 24.8. The molecule has 1 amide bonds. The predicted octanol–water partition coefficient (Wildman–Crippen LogP) is 4.98. The fourth-order valence-electron chi connectivity index (χ4n) is 3.90. The average Bonchev–Trinajstić information content (AvgIpc) is 3.15. The molecule has 0 fully saturated rings. The van der Waals surface area contributed by atoms with Crippen molar-refractivity contribution >= 4 is 28.2 Å². The number of rotatable bonds is 7. The van der Waals surface area contributed by atoms with Crippen LogP contribution in [0.15, 0.2) is 77.8 Å². The molecular formula is C28H30N4O2. The number of carbonyl (C=O) groups is 1. The van der Waals surface area contributed by atoms with Crippen molar-refractivity contribution in [3.8, 4) is 5.88 Å². The minimum absolute atomic E-state index is 0.0503. The number of aromatic hydroxyl groups is 1. The van der Waals surface area contributed by atoms with Crippen molar-refractivity contribution in [2.45, 2.75) is 6.92 Å². The lowest BCUT2D eigenvalue weighted by molar-refractivity contribution is 0.0786.